The topological polar surface area (TPSA) is 9.23 Å². The molecule has 1 nitrogen and oxygen atoms in total. The fourth-order valence-corrected chi connectivity index (χ4v) is 6.41. The Morgan fingerprint density at radius 3 is 2.21 bits per heavy atom. The second-order valence-corrected chi connectivity index (χ2v) is 9.26. The highest BCUT2D eigenvalue weighted by Gasteiger charge is 2.44. The first-order valence-corrected chi connectivity index (χ1v) is 11.4. The molecule has 3 aliphatic carbocycles. The lowest BCUT2D eigenvalue weighted by atomic mass is 9.56. The number of unbranched alkanes of at least 4 members (excludes halogenated alkanes) is 3. The zero-order valence-electron chi connectivity index (χ0n) is 16.5. The van der Waals surface area contributed by atoms with Crippen molar-refractivity contribution in [2.75, 3.05) is 6.61 Å². The molecule has 140 valence electrons. The third kappa shape index (κ3) is 4.77. The summed E-state index contributed by atoms with van der Waals surface area (Å²) in [5.41, 5.74) is 0. The molecule has 3 rings (SSSR count). The van der Waals surface area contributed by atoms with Crippen LogP contribution in [0.25, 0.3) is 0 Å². The molecule has 0 aliphatic heterocycles. The van der Waals surface area contributed by atoms with Crippen molar-refractivity contribution in [1.82, 2.24) is 0 Å². The molecule has 3 aliphatic rings. The van der Waals surface area contributed by atoms with Crippen LogP contribution in [0.1, 0.15) is 104 Å². The van der Waals surface area contributed by atoms with E-state index >= 15 is 0 Å². The van der Waals surface area contributed by atoms with Crippen LogP contribution in [0.4, 0.5) is 0 Å². The van der Waals surface area contributed by atoms with Gasteiger partial charge in [0.2, 0.25) is 0 Å². The Bertz CT molecular complexity index is 352. The highest BCUT2D eigenvalue weighted by Crippen LogP contribution is 2.53. The van der Waals surface area contributed by atoms with Crippen molar-refractivity contribution in [3.05, 3.63) is 0 Å². The predicted molar refractivity (Wildman–Crippen MR) is 103 cm³/mol. The Balaban J connectivity index is 1.44. The lowest BCUT2D eigenvalue weighted by Gasteiger charge is -2.50. The summed E-state index contributed by atoms with van der Waals surface area (Å²) in [6.07, 6.45) is 21.1. The van der Waals surface area contributed by atoms with Gasteiger partial charge in [-0.2, -0.15) is 0 Å². The van der Waals surface area contributed by atoms with E-state index in [0.717, 1.165) is 36.2 Å². The van der Waals surface area contributed by atoms with Crippen molar-refractivity contribution in [3.63, 3.8) is 0 Å². The van der Waals surface area contributed by atoms with Gasteiger partial charge in [-0.05, 0) is 81.0 Å². The van der Waals surface area contributed by atoms with Gasteiger partial charge < -0.3 is 4.74 Å². The summed E-state index contributed by atoms with van der Waals surface area (Å²) in [4.78, 5) is 0. The highest BCUT2D eigenvalue weighted by atomic mass is 16.5. The number of hydrogen-bond donors (Lipinski definition) is 0. The molecule has 24 heavy (non-hydrogen) atoms. The van der Waals surface area contributed by atoms with Crippen molar-refractivity contribution in [1.29, 1.82) is 0 Å². The molecule has 0 heterocycles. The van der Waals surface area contributed by atoms with E-state index < -0.39 is 0 Å². The van der Waals surface area contributed by atoms with Crippen molar-refractivity contribution in [2.45, 2.75) is 110 Å². The van der Waals surface area contributed by atoms with E-state index in [2.05, 4.69) is 13.8 Å². The zero-order valence-corrected chi connectivity index (χ0v) is 16.5. The maximum Gasteiger partial charge on any atom is 0.0578 e. The molecule has 0 bridgehead atoms. The van der Waals surface area contributed by atoms with Crippen LogP contribution in [0.3, 0.4) is 0 Å². The first kappa shape index (κ1) is 18.7. The number of ether oxygens (including phenoxy) is 1. The van der Waals surface area contributed by atoms with Crippen LogP contribution in [0, 0.1) is 29.6 Å². The third-order valence-electron chi connectivity index (χ3n) is 7.62. The lowest BCUT2D eigenvalue weighted by molar-refractivity contribution is -0.0531. The molecule has 0 aromatic rings. The zero-order chi connectivity index (χ0) is 16.8. The molecular weight excluding hydrogens is 292 g/mol. The van der Waals surface area contributed by atoms with Crippen LogP contribution in [0.5, 0.6) is 0 Å². The standard InChI is InChI=1S/C23H42O/c1-3-5-6-7-8-18-9-13-22-19(16-18)10-11-20-17-21(24-15-4-2)12-14-23(20)22/h18-23H,3-17H2,1-2H3/t18-,19?,20?,21-,22?,23?/m1/s1. The van der Waals surface area contributed by atoms with Crippen LogP contribution >= 0.6 is 0 Å². The maximum atomic E-state index is 6.10. The van der Waals surface area contributed by atoms with Gasteiger partial charge in [0.25, 0.3) is 0 Å². The second-order valence-electron chi connectivity index (χ2n) is 9.26. The number of hydrogen-bond acceptors (Lipinski definition) is 1. The van der Waals surface area contributed by atoms with Gasteiger partial charge in [-0.15, -0.1) is 0 Å². The highest BCUT2D eigenvalue weighted by molar-refractivity contribution is 4.94. The minimum absolute atomic E-state index is 0.595. The fraction of sp³-hybridized carbons (Fsp3) is 1.00. The summed E-state index contributed by atoms with van der Waals surface area (Å²) in [7, 11) is 0. The van der Waals surface area contributed by atoms with E-state index in [9.17, 15) is 0 Å². The van der Waals surface area contributed by atoms with Crippen molar-refractivity contribution in [2.24, 2.45) is 29.6 Å². The SMILES string of the molecule is CCCCCC[C@@H]1CCC2C(CCC3C[C@H](OCCC)CCC32)C1. The molecule has 1 heteroatoms. The third-order valence-corrected chi connectivity index (χ3v) is 7.62. The largest absolute Gasteiger partial charge is 0.378 e. The maximum absolute atomic E-state index is 6.10. The first-order valence-electron chi connectivity index (χ1n) is 11.4. The van der Waals surface area contributed by atoms with Crippen LogP contribution in [-0.2, 0) is 4.74 Å². The van der Waals surface area contributed by atoms with E-state index in [1.54, 1.807) is 19.3 Å². The summed E-state index contributed by atoms with van der Waals surface area (Å²) in [6.45, 7) is 5.54. The Morgan fingerprint density at radius 2 is 1.46 bits per heavy atom. The van der Waals surface area contributed by atoms with E-state index in [1.807, 2.05) is 0 Å². The van der Waals surface area contributed by atoms with Crippen LogP contribution in [0.15, 0.2) is 0 Å². The smallest absolute Gasteiger partial charge is 0.0578 e. The van der Waals surface area contributed by atoms with Crippen LogP contribution in [-0.4, -0.2) is 12.7 Å². The second kappa shape index (κ2) is 9.60. The molecule has 0 radical (unpaired) electrons. The summed E-state index contributed by atoms with van der Waals surface area (Å²) in [5.74, 6) is 5.31. The molecule has 6 atom stereocenters. The average Bonchev–Trinajstić information content (AvgIpc) is 2.63. The molecule has 0 amide bonds. The number of rotatable bonds is 8. The monoisotopic (exact) mass is 334 g/mol. The minimum atomic E-state index is 0.595. The normalized spacial score (nSPS) is 39.2. The minimum Gasteiger partial charge on any atom is -0.378 e. The molecule has 0 N–H and O–H groups in total. The van der Waals surface area contributed by atoms with E-state index in [-0.39, 0.29) is 0 Å². The van der Waals surface area contributed by atoms with Gasteiger partial charge in [-0.1, -0.05) is 52.4 Å². The molecule has 3 saturated carbocycles. The Labute approximate surface area is 151 Å². The molecule has 0 aromatic heterocycles. The van der Waals surface area contributed by atoms with Crippen LogP contribution in [0.2, 0.25) is 0 Å². The molecule has 3 fully saturated rings. The van der Waals surface area contributed by atoms with E-state index in [0.29, 0.717) is 6.10 Å². The van der Waals surface area contributed by atoms with Gasteiger partial charge in [0.15, 0.2) is 0 Å². The quantitative estimate of drug-likeness (QED) is 0.434. The van der Waals surface area contributed by atoms with Crippen molar-refractivity contribution in [3.8, 4) is 0 Å². The first-order chi connectivity index (χ1) is 11.8. The van der Waals surface area contributed by atoms with Gasteiger partial charge in [-0.3, -0.25) is 0 Å². The summed E-state index contributed by atoms with van der Waals surface area (Å²) in [6, 6.07) is 0. The van der Waals surface area contributed by atoms with Crippen LogP contribution < -0.4 is 0 Å². The molecule has 4 unspecified atom stereocenters. The van der Waals surface area contributed by atoms with Gasteiger partial charge in [0, 0.05) is 6.61 Å². The molecule has 0 saturated heterocycles. The van der Waals surface area contributed by atoms with Gasteiger partial charge in [0.1, 0.15) is 0 Å². The average molecular weight is 335 g/mol. The summed E-state index contributed by atoms with van der Waals surface area (Å²) in [5, 5.41) is 0. The Kier molecular flexibility index (Phi) is 7.50. The summed E-state index contributed by atoms with van der Waals surface area (Å²) >= 11 is 0. The van der Waals surface area contributed by atoms with Crippen molar-refractivity contribution >= 4 is 0 Å². The van der Waals surface area contributed by atoms with E-state index in [4.69, 9.17) is 4.74 Å². The Hall–Kier alpha value is -0.0400. The van der Waals surface area contributed by atoms with Gasteiger partial charge in [0.05, 0.1) is 6.10 Å². The number of fused-ring (bicyclic) bond motifs is 3. The van der Waals surface area contributed by atoms with E-state index in [1.165, 1.54) is 70.6 Å². The van der Waals surface area contributed by atoms with Gasteiger partial charge in [-0.25, -0.2) is 0 Å². The lowest BCUT2D eigenvalue weighted by Crippen LogP contribution is -2.42. The fourth-order valence-electron chi connectivity index (χ4n) is 6.41. The molecule has 0 aromatic carbocycles. The molecular formula is C23H42O. The predicted octanol–water partition coefficient (Wildman–Crippen LogP) is 6.99. The Morgan fingerprint density at radius 1 is 0.708 bits per heavy atom. The summed E-state index contributed by atoms with van der Waals surface area (Å²) < 4.78 is 6.10. The van der Waals surface area contributed by atoms with Crippen molar-refractivity contribution < 1.29 is 4.74 Å². The molecule has 0 spiro atoms. The van der Waals surface area contributed by atoms with Gasteiger partial charge >= 0.3 is 0 Å².